The fraction of sp³-hybridized carbons (Fsp3) is 0.133. The first-order chi connectivity index (χ1) is 10.3. The van der Waals surface area contributed by atoms with Crippen LogP contribution in [0.25, 0.3) is 10.6 Å². The number of hydrogen-bond donors (Lipinski definition) is 0. The summed E-state index contributed by atoms with van der Waals surface area (Å²) < 4.78 is 1.57. The van der Waals surface area contributed by atoms with E-state index in [0.29, 0.717) is 12.4 Å². The van der Waals surface area contributed by atoms with Crippen LogP contribution in [-0.2, 0) is 12.4 Å². The molecule has 0 amide bonds. The smallest absolute Gasteiger partial charge is 0.295 e. The number of alkyl halides is 1. The third-order valence-electron chi connectivity index (χ3n) is 3.00. The summed E-state index contributed by atoms with van der Waals surface area (Å²) in [6.07, 6.45) is 3.23. The molecule has 3 rings (SSSR count). The Morgan fingerprint density at radius 3 is 2.95 bits per heavy atom. The summed E-state index contributed by atoms with van der Waals surface area (Å²) in [4.78, 5) is 19.9. The Morgan fingerprint density at radius 2 is 2.19 bits per heavy atom. The molecule has 0 atom stereocenters. The maximum atomic E-state index is 11.6. The highest BCUT2D eigenvalue weighted by Crippen LogP contribution is 2.25. The van der Waals surface area contributed by atoms with Crippen LogP contribution in [0, 0.1) is 0 Å². The summed E-state index contributed by atoms with van der Waals surface area (Å²) in [5.41, 5.74) is 2.70. The van der Waals surface area contributed by atoms with Crippen molar-refractivity contribution < 1.29 is 0 Å². The fourth-order valence-electron chi connectivity index (χ4n) is 2.01. The molecular formula is C15H12ClN3OS. The van der Waals surface area contributed by atoms with Gasteiger partial charge in [0, 0.05) is 23.3 Å². The van der Waals surface area contributed by atoms with Crippen molar-refractivity contribution in [2.75, 3.05) is 0 Å². The molecule has 0 saturated carbocycles. The molecule has 0 aliphatic rings. The van der Waals surface area contributed by atoms with Gasteiger partial charge in [-0.15, -0.1) is 22.9 Å². The van der Waals surface area contributed by atoms with Gasteiger partial charge in [-0.3, -0.25) is 4.57 Å². The lowest BCUT2D eigenvalue weighted by Gasteiger charge is -2.05. The van der Waals surface area contributed by atoms with E-state index in [0.717, 1.165) is 21.8 Å². The van der Waals surface area contributed by atoms with Gasteiger partial charge in [-0.2, -0.15) is 0 Å². The average molecular weight is 318 g/mol. The molecule has 3 aromatic rings. The second kappa shape index (κ2) is 6.20. The zero-order chi connectivity index (χ0) is 14.7. The van der Waals surface area contributed by atoms with E-state index in [9.17, 15) is 4.79 Å². The quantitative estimate of drug-likeness (QED) is 0.694. The number of nitrogens with zero attached hydrogens (tertiary/aromatic N) is 3. The predicted molar refractivity (Wildman–Crippen MR) is 84.7 cm³/mol. The van der Waals surface area contributed by atoms with Gasteiger partial charge in [-0.1, -0.05) is 18.2 Å². The third-order valence-corrected chi connectivity index (χ3v) is 4.21. The largest absolute Gasteiger partial charge is 0.347 e. The zero-order valence-electron chi connectivity index (χ0n) is 11.1. The Balaban J connectivity index is 1.90. The summed E-state index contributed by atoms with van der Waals surface area (Å²) in [7, 11) is 0. The van der Waals surface area contributed by atoms with Crippen LogP contribution in [0.2, 0.25) is 0 Å². The number of benzene rings is 1. The van der Waals surface area contributed by atoms with Crippen molar-refractivity contribution in [3.05, 3.63) is 69.8 Å². The maximum absolute atomic E-state index is 11.6. The van der Waals surface area contributed by atoms with Gasteiger partial charge in [0.25, 0.3) is 0 Å². The molecule has 4 nitrogen and oxygen atoms in total. The Bertz CT molecular complexity index is 812. The topological polar surface area (TPSA) is 47.8 Å². The minimum atomic E-state index is -0.249. The maximum Gasteiger partial charge on any atom is 0.347 e. The summed E-state index contributed by atoms with van der Waals surface area (Å²) in [5.74, 6) is 0.418. The Kier molecular flexibility index (Phi) is 4.13. The summed E-state index contributed by atoms with van der Waals surface area (Å²) in [5, 5.41) is 2.90. The molecule has 0 N–H and O–H groups in total. The van der Waals surface area contributed by atoms with Crippen molar-refractivity contribution >= 4 is 22.9 Å². The van der Waals surface area contributed by atoms with Gasteiger partial charge in [0.15, 0.2) is 0 Å². The van der Waals surface area contributed by atoms with Gasteiger partial charge in [0.1, 0.15) is 5.01 Å². The Hall–Kier alpha value is -1.98. The summed E-state index contributed by atoms with van der Waals surface area (Å²) >= 11 is 7.35. The van der Waals surface area contributed by atoms with Crippen molar-refractivity contribution in [1.82, 2.24) is 14.5 Å². The standard InChI is InChI=1S/C15H12ClN3OS/c16-8-13-10-21-14(18-13)12-4-1-3-11(7-12)9-19-6-2-5-17-15(19)20/h1-7,10H,8-9H2. The van der Waals surface area contributed by atoms with Gasteiger partial charge in [0.05, 0.1) is 18.1 Å². The van der Waals surface area contributed by atoms with Gasteiger partial charge >= 0.3 is 5.69 Å². The second-order valence-corrected chi connectivity index (χ2v) is 5.63. The first kappa shape index (κ1) is 14.0. The van der Waals surface area contributed by atoms with Gasteiger partial charge < -0.3 is 0 Å². The summed E-state index contributed by atoms with van der Waals surface area (Å²) in [6, 6.07) is 9.74. The molecule has 0 unspecified atom stereocenters. The monoisotopic (exact) mass is 317 g/mol. The van der Waals surface area contributed by atoms with Crippen LogP contribution in [-0.4, -0.2) is 14.5 Å². The van der Waals surface area contributed by atoms with E-state index < -0.39 is 0 Å². The molecule has 0 bridgehead atoms. The van der Waals surface area contributed by atoms with Crippen LogP contribution in [0.15, 0.2) is 52.9 Å². The molecule has 2 aromatic heterocycles. The average Bonchev–Trinajstić information content (AvgIpc) is 2.99. The molecule has 1 aromatic carbocycles. The number of hydrogen-bond acceptors (Lipinski definition) is 4. The van der Waals surface area contributed by atoms with E-state index in [-0.39, 0.29) is 5.69 Å². The fourth-order valence-corrected chi connectivity index (χ4v) is 3.05. The minimum absolute atomic E-state index is 0.249. The molecule has 106 valence electrons. The van der Waals surface area contributed by atoms with Crippen LogP contribution < -0.4 is 5.69 Å². The van der Waals surface area contributed by atoms with E-state index in [1.54, 1.807) is 28.2 Å². The Labute approximate surface area is 130 Å². The van der Waals surface area contributed by atoms with Crippen molar-refractivity contribution in [3.63, 3.8) is 0 Å². The first-order valence-electron chi connectivity index (χ1n) is 6.37. The lowest BCUT2D eigenvalue weighted by molar-refractivity contribution is 0.727. The number of thiazole rings is 1. The van der Waals surface area contributed by atoms with E-state index in [2.05, 4.69) is 9.97 Å². The van der Waals surface area contributed by atoms with Crippen LogP contribution in [0.1, 0.15) is 11.3 Å². The van der Waals surface area contributed by atoms with Gasteiger partial charge in [0.2, 0.25) is 0 Å². The van der Waals surface area contributed by atoms with Crippen molar-refractivity contribution in [2.45, 2.75) is 12.4 Å². The van der Waals surface area contributed by atoms with Crippen LogP contribution in [0.4, 0.5) is 0 Å². The van der Waals surface area contributed by atoms with Crippen LogP contribution in [0.5, 0.6) is 0 Å². The molecule has 2 heterocycles. The van der Waals surface area contributed by atoms with Crippen molar-refractivity contribution in [2.24, 2.45) is 0 Å². The molecule has 6 heteroatoms. The zero-order valence-corrected chi connectivity index (χ0v) is 12.6. The van der Waals surface area contributed by atoms with Gasteiger partial charge in [-0.05, 0) is 17.7 Å². The molecule has 0 spiro atoms. The summed E-state index contributed by atoms with van der Waals surface area (Å²) in [6.45, 7) is 0.494. The number of aromatic nitrogens is 3. The lowest BCUT2D eigenvalue weighted by atomic mass is 10.1. The van der Waals surface area contributed by atoms with Crippen LogP contribution >= 0.6 is 22.9 Å². The highest BCUT2D eigenvalue weighted by molar-refractivity contribution is 7.13. The van der Waals surface area contributed by atoms with Crippen molar-refractivity contribution in [1.29, 1.82) is 0 Å². The van der Waals surface area contributed by atoms with Crippen LogP contribution in [0.3, 0.4) is 0 Å². The molecular weight excluding hydrogens is 306 g/mol. The molecule has 0 radical (unpaired) electrons. The highest BCUT2D eigenvalue weighted by Gasteiger charge is 2.05. The SMILES string of the molecule is O=c1ncccn1Cc1cccc(-c2nc(CCl)cs2)c1. The highest BCUT2D eigenvalue weighted by atomic mass is 35.5. The second-order valence-electron chi connectivity index (χ2n) is 4.51. The molecule has 0 fully saturated rings. The van der Waals surface area contributed by atoms with E-state index >= 15 is 0 Å². The third kappa shape index (κ3) is 3.20. The first-order valence-corrected chi connectivity index (χ1v) is 7.79. The van der Waals surface area contributed by atoms with Crippen molar-refractivity contribution in [3.8, 4) is 10.6 Å². The van der Waals surface area contributed by atoms with Gasteiger partial charge in [-0.25, -0.2) is 14.8 Å². The lowest BCUT2D eigenvalue weighted by Crippen LogP contribution is -2.21. The van der Waals surface area contributed by atoms with E-state index in [1.165, 1.54) is 6.20 Å². The predicted octanol–water partition coefficient (Wildman–Crippen LogP) is 3.15. The van der Waals surface area contributed by atoms with E-state index in [4.69, 9.17) is 11.6 Å². The molecule has 0 aliphatic carbocycles. The molecule has 0 saturated heterocycles. The number of halogens is 1. The molecule has 0 aliphatic heterocycles. The molecule has 21 heavy (non-hydrogen) atoms. The minimum Gasteiger partial charge on any atom is -0.295 e. The van der Waals surface area contributed by atoms with E-state index in [1.807, 2.05) is 29.6 Å². The number of rotatable bonds is 4. The normalized spacial score (nSPS) is 10.7. The Morgan fingerprint density at radius 1 is 1.29 bits per heavy atom.